The Balaban J connectivity index is 0. The van der Waals surface area contributed by atoms with E-state index in [0.29, 0.717) is 24.5 Å². The number of carbonyl (C=O) groups is 1. The molecule has 8 N–H and O–H groups in total. The molecule has 2 rings (SSSR count). The zero-order chi connectivity index (χ0) is 29.0. The summed E-state index contributed by atoms with van der Waals surface area (Å²) in [6, 6.07) is 14.5. The molecule has 1 amide bonds. The maximum absolute atomic E-state index is 12.9. The predicted molar refractivity (Wildman–Crippen MR) is 154 cm³/mol. The van der Waals surface area contributed by atoms with E-state index in [4.69, 9.17) is 36.6 Å². The molecule has 0 saturated heterocycles. The molecule has 0 radical (unpaired) electrons. The van der Waals surface area contributed by atoms with Gasteiger partial charge < -0.3 is 36.6 Å². The van der Waals surface area contributed by atoms with Crippen LogP contribution in [0.2, 0.25) is 0 Å². The quantitative estimate of drug-likeness (QED) is 0.132. The van der Waals surface area contributed by atoms with Crippen molar-refractivity contribution in [3.8, 4) is 0 Å². The van der Waals surface area contributed by atoms with E-state index in [2.05, 4.69) is 18.8 Å². The third kappa shape index (κ3) is 21.3. The number of hydrogen-bond acceptors (Lipinski definition) is 9. The number of primary amides is 1. The number of amides is 1. The van der Waals surface area contributed by atoms with Crippen LogP contribution in [0.15, 0.2) is 65.2 Å². The summed E-state index contributed by atoms with van der Waals surface area (Å²) < 4.78 is 17.9. The first-order chi connectivity index (χ1) is 18.3. The van der Waals surface area contributed by atoms with E-state index < -0.39 is 5.91 Å². The van der Waals surface area contributed by atoms with Crippen molar-refractivity contribution in [1.82, 2.24) is 0 Å². The van der Waals surface area contributed by atoms with E-state index in [1.54, 1.807) is 23.9 Å². The van der Waals surface area contributed by atoms with E-state index in [9.17, 15) is 9.18 Å². The van der Waals surface area contributed by atoms with Crippen molar-refractivity contribution in [2.45, 2.75) is 20.3 Å². The average Bonchev–Trinajstić information content (AvgIpc) is 2.92. The topological polar surface area (TPSA) is 172 Å². The molecule has 214 valence electrons. The van der Waals surface area contributed by atoms with Gasteiger partial charge in [0.2, 0.25) is 0 Å². The average molecular weight is 556 g/mol. The molecule has 2 aromatic rings. The SMILES string of the molecule is CCC.NC(=O)/C(C=Nc1ccccc1)=C(/N)c1ccc(F)cc1.OCCO.OCCOCCSCCO. The van der Waals surface area contributed by atoms with Gasteiger partial charge in [0.15, 0.2) is 0 Å². The number of hydrogen-bond donors (Lipinski definition) is 6. The minimum absolute atomic E-state index is 0.0745. The molecule has 0 heterocycles. The zero-order valence-corrected chi connectivity index (χ0v) is 22.9. The number of rotatable bonds is 12. The standard InChI is InChI=1S/C16H14FN3O.C6H14O3S.C3H8.C2H6O2/c17-12-8-6-11(7-9-12)15(18)14(16(19)21)10-20-13-4-2-1-3-5-13;7-1-3-9-4-6-10-5-2-8;1-3-2;3-1-2-4/h1-10H,18H2,(H2,19,21);7-8H,1-6H2;3H2,1-2H3;3-4H,1-2H2/b15-14+,20-10?;;;. The van der Waals surface area contributed by atoms with E-state index >= 15 is 0 Å². The van der Waals surface area contributed by atoms with Crippen LogP contribution >= 0.6 is 11.8 Å². The first kappa shape index (κ1) is 37.4. The van der Waals surface area contributed by atoms with Gasteiger partial charge in [-0.1, -0.05) is 38.5 Å². The van der Waals surface area contributed by atoms with Crippen LogP contribution in [-0.4, -0.2) is 83.7 Å². The monoisotopic (exact) mass is 555 g/mol. The second-order valence-corrected chi connectivity index (χ2v) is 8.34. The summed E-state index contributed by atoms with van der Waals surface area (Å²) in [4.78, 5) is 15.7. The third-order valence-corrected chi connectivity index (χ3v) is 4.68. The lowest BCUT2D eigenvalue weighted by molar-refractivity contribution is -0.114. The van der Waals surface area contributed by atoms with E-state index in [1.807, 2.05) is 18.2 Å². The third-order valence-electron chi connectivity index (χ3n) is 3.75. The lowest BCUT2D eigenvalue weighted by atomic mass is 10.1. The fourth-order valence-corrected chi connectivity index (χ4v) is 2.72. The van der Waals surface area contributed by atoms with Crippen molar-refractivity contribution in [1.29, 1.82) is 0 Å². The highest BCUT2D eigenvalue weighted by molar-refractivity contribution is 7.99. The number of nitrogens with zero attached hydrogens (tertiary/aromatic N) is 1. The molecular formula is C27H42FN3O6S. The number of carbonyl (C=O) groups excluding carboxylic acids is 1. The Kier molecular flexibility index (Phi) is 26.8. The van der Waals surface area contributed by atoms with Crippen LogP contribution in [0.25, 0.3) is 5.70 Å². The van der Waals surface area contributed by atoms with Gasteiger partial charge in [-0.25, -0.2) is 4.39 Å². The first-order valence-electron chi connectivity index (χ1n) is 12.1. The lowest BCUT2D eigenvalue weighted by Crippen LogP contribution is -2.19. The smallest absolute Gasteiger partial charge is 0.252 e. The van der Waals surface area contributed by atoms with Crippen molar-refractivity contribution in [2.75, 3.05) is 51.1 Å². The highest BCUT2D eigenvalue weighted by Gasteiger charge is 2.10. The molecule has 0 saturated carbocycles. The molecule has 0 spiro atoms. The lowest BCUT2D eigenvalue weighted by Gasteiger charge is -2.05. The number of aliphatic hydroxyl groups excluding tert-OH is 4. The predicted octanol–water partition coefficient (Wildman–Crippen LogP) is 2.49. The van der Waals surface area contributed by atoms with Crippen LogP contribution in [0.5, 0.6) is 0 Å². The van der Waals surface area contributed by atoms with Gasteiger partial charge in [0.1, 0.15) is 5.82 Å². The molecule has 0 aliphatic heterocycles. The van der Waals surface area contributed by atoms with Crippen molar-refractivity contribution in [3.63, 3.8) is 0 Å². The maximum Gasteiger partial charge on any atom is 0.252 e. The molecular weight excluding hydrogens is 513 g/mol. The molecule has 0 atom stereocenters. The van der Waals surface area contributed by atoms with E-state index in [-0.39, 0.29) is 43.5 Å². The molecule has 0 aromatic heterocycles. The van der Waals surface area contributed by atoms with Crippen LogP contribution < -0.4 is 11.5 Å². The van der Waals surface area contributed by atoms with Gasteiger partial charge in [0, 0.05) is 17.7 Å². The summed E-state index contributed by atoms with van der Waals surface area (Å²) in [6.45, 7) is 5.39. The fraction of sp³-hybridized carbons (Fsp3) is 0.407. The van der Waals surface area contributed by atoms with Gasteiger partial charge in [0.05, 0.1) is 56.6 Å². The molecule has 0 fully saturated rings. The van der Waals surface area contributed by atoms with Gasteiger partial charge in [-0.15, -0.1) is 0 Å². The van der Waals surface area contributed by atoms with Crippen LogP contribution in [-0.2, 0) is 9.53 Å². The highest BCUT2D eigenvalue weighted by atomic mass is 32.2. The van der Waals surface area contributed by atoms with Crippen LogP contribution in [0, 0.1) is 5.82 Å². The van der Waals surface area contributed by atoms with Crippen molar-refractivity contribution in [3.05, 3.63) is 71.6 Å². The number of thioether (sulfide) groups is 1. The summed E-state index contributed by atoms with van der Waals surface area (Å²) in [5.74, 6) is 0.574. The molecule has 38 heavy (non-hydrogen) atoms. The number of para-hydroxylation sites is 1. The van der Waals surface area contributed by atoms with Gasteiger partial charge in [0.25, 0.3) is 5.91 Å². The van der Waals surface area contributed by atoms with Crippen molar-refractivity contribution >= 4 is 35.3 Å². The van der Waals surface area contributed by atoms with Crippen LogP contribution in [0.3, 0.4) is 0 Å². The number of aliphatic imine (C=N–C) groups is 1. The zero-order valence-electron chi connectivity index (χ0n) is 22.1. The summed E-state index contributed by atoms with van der Waals surface area (Å²) in [7, 11) is 0. The van der Waals surface area contributed by atoms with Gasteiger partial charge >= 0.3 is 0 Å². The summed E-state index contributed by atoms with van der Waals surface area (Å²) in [5, 5.41) is 31.9. The van der Waals surface area contributed by atoms with Gasteiger partial charge in [-0.3, -0.25) is 9.79 Å². The van der Waals surface area contributed by atoms with Gasteiger partial charge in [-0.05, 0) is 42.0 Å². The van der Waals surface area contributed by atoms with Gasteiger partial charge in [-0.2, -0.15) is 11.8 Å². The molecule has 0 bridgehead atoms. The second-order valence-electron chi connectivity index (χ2n) is 7.12. The fourth-order valence-electron chi connectivity index (χ4n) is 2.16. The molecule has 2 aromatic carbocycles. The summed E-state index contributed by atoms with van der Waals surface area (Å²) >= 11 is 1.65. The Bertz CT molecular complexity index is 874. The largest absolute Gasteiger partial charge is 0.398 e. The number of benzene rings is 2. The number of nitrogens with two attached hydrogens (primary N) is 2. The summed E-state index contributed by atoms with van der Waals surface area (Å²) in [5.41, 5.74) is 12.6. The van der Waals surface area contributed by atoms with Crippen LogP contribution in [0.4, 0.5) is 10.1 Å². The Morgan fingerprint density at radius 2 is 1.47 bits per heavy atom. The number of aliphatic hydroxyl groups is 4. The Morgan fingerprint density at radius 1 is 0.895 bits per heavy atom. The first-order valence-corrected chi connectivity index (χ1v) is 13.2. The van der Waals surface area contributed by atoms with E-state index in [0.717, 1.165) is 11.5 Å². The van der Waals surface area contributed by atoms with E-state index in [1.165, 1.54) is 36.9 Å². The Labute approximate surface area is 229 Å². The normalized spacial score (nSPS) is 10.7. The minimum atomic E-state index is -0.698. The minimum Gasteiger partial charge on any atom is -0.398 e. The second kappa shape index (κ2) is 27.2. The highest BCUT2D eigenvalue weighted by Crippen LogP contribution is 2.15. The molecule has 0 aliphatic rings. The maximum atomic E-state index is 12.9. The van der Waals surface area contributed by atoms with Crippen molar-refractivity contribution < 1.29 is 34.3 Å². The number of halogens is 1. The molecule has 0 unspecified atom stereocenters. The molecule has 9 nitrogen and oxygen atoms in total. The molecule has 11 heteroatoms. The van der Waals surface area contributed by atoms with Crippen LogP contribution in [0.1, 0.15) is 25.8 Å². The number of ether oxygens (including phenoxy) is 1. The molecule has 0 aliphatic carbocycles. The van der Waals surface area contributed by atoms with Crippen molar-refractivity contribution in [2.24, 2.45) is 16.5 Å². The summed E-state index contributed by atoms with van der Waals surface area (Å²) in [6.07, 6.45) is 2.57. The Hall–Kier alpha value is -2.80. The Morgan fingerprint density at radius 3 is 1.95 bits per heavy atom.